The summed E-state index contributed by atoms with van der Waals surface area (Å²) in [6.45, 7) is 7.37. The normalized spacial score (nSPS) is 20.4. The van der Waals surface area contributed by atoms with E-state index in [1.165, 1.54) is 0 Å². The minimum atomic E-state index is -0.524. The van der Waals surface area contributed by atoms with Gasteiger partial charge in [-0.3, -0.25) is 0 Å². The van der Waals surface area contributed by atoms with Gasteiger partial charge in [-0.25, -0.2) is 9.59 Å². The van der Waals surface area contributed by atoms with Crippen LogP contribution >= 0.6 is 0 Å². The van der Waals surface area contributed by atoms with Gasteiger partial charge in [-0.05, 0) is 39.5 Å². The molecule has 0 aromatic rings. The van der Waals surface area contributed by atoms with Crippen molar-refractivity contribution in [2.45, 2.75) is 39.2 Å². The Kier molecular flexibility index (Phi) is 4.81. The van der Waals surface area contributed by atoms with E-state index in [9.17, 15) is 9.59 Å². The molecule has 1 aliphatic rings. The van der Waals surface area contributed by atoms with E-state index in [-0.39, 0.29) is 12.0 Å². The summed E-state index contributed by atoms with van der Waals surface area (Å²) in [5.41, 5.74) is 4.56. The number of urea groups is 1. The Hall–Kier alpha value is -1.46. The number of hydrogen-bond acceptors (Lipinski definition) is 3. The molecule has 1 atom stereocenters. The fourth-order valence-corrected chi connectivity index (χ4v) is 1.97. The van der Waals surface area contributed by atoms with Crippen LogP contribution in [-0.4, -0.2) is 42.3 Å². The average molecular weight is 257 g/mol. The third-order valence-electron chi connectivity index (χ3n) is 2.74. The van der Waals surface area contributed by atoms with Crippen molar-refractivity contribution in [3.63, 3.8) is 0 Å². The Morgan fingerprint density at radius 2 is 2.11 bits per heavy atom. The molecule has 6 nitrogen and oxygen atoms in total. The zero-order valence-corrected chi connectivity index (χ0v) is 11.4. The molecule has 104 valence electrons. The number of amides is 3. The summed E-state index contributed by atoms with van der Waals surface area (Å²) in [5, 5.41) is 2.58. The van der Waals surface area contributed by atoms with E-state index in [0.29, 0.717) is 19.6 Å². The fraction of sp³-hybridized carbons (Fsp3) is 0.833. The molecule has 6 heteroatoms. The van der Waals surface area contributed by atoms with Crippen LogP contribution in [0.4, 0.5) is 9.59 Å². The van der Waals surface area contributed by atoms with E-state index >= 15 is 0 Å². The van der Waals surface area contributed by atoms with Crippen LogP contribution in [0.2, 0.25) is 0 Å². The molecule has 0 unspecified atom stereocenters. The SMILES string of the molecule is CC(C)(C)OC(=O)N1CCC[C@@H](CNC(N)=O)C1. The van der Waals surface area contributed by atoms with Gasteiger partial charge in [-0.15, -0.1) is 0 Å². The maximum absolute atomic E-state index is 11.9. The van der Waals surface area contributed by atoms with E-state index in [1.54, 1.807) is 4.90 Å². The second kappa shape index (κ2) is 5.93. The first-order valence-corrected chi connectivity index (χ1v) is 6.29. The van der Waals surface area contributed by atoms with Crippen LogP contribution in [0.3, 0.4) is 0 Å². The number of nitrogens with zero attached hydrogens (tertiary/aromatic N) is 1. The lowest BCUT2D eigenvalue weighted by Crippen LogP contribution is -2.46. The largest absolute Gasteiger partial charge is 0.444 e. The molecule has 1 rings (SSSR count). The molecule has 0 spiro atoms. The first-order valence-electron chi connectivity index (χ1n) is 6.29. The maximum atomic E-state index is 11.9. The average Bonchev–Trinajstić information content (AvgIpc) is 2.24. The molecule has 0 aliphatic carbocycles. The van der Waals surface area contributed by atoms with Crippen LogP contribution in [0.25, 0.3) is 0 Å². The molecule has 0 aromatic heterocycles. The monoisotopic (exact) mass is 257 g/mol. The Morgan fingerprint density at radius 3 is 2.67 bits per heavy atom. The topological polar surface area (TPSA) is 84.7 Å². The van der Waals surface area contributed by atoms with Crippen molar-refractivity contribution in [3.8, 4) is 0 Å². The molecule has 0 aromatic carbocycles. The molecule has 3 amide bonds. The quantitative estimate of drug-likeness (QED) is 0.782. The highest BCUT2D eigenvalue weighted by Crippen LogP contribution is 2.18. The van der Waals surface area contributed by atoms with Crippen molar-refractivity contribution >= 4 is 12.1 Å². The fourth-order valence-electron chi connectivity index (χ4n) is 1.97. The van der Waals surface area contributed by atoms with Crippen LogP contribution in [-0.2, 0) is 4.74 Å². The molecule has 1 saturated heterocycles. The van der Waals surface area contributed by atoms with E-state index in [1.807, 2.05) is 20.8 Å². The first-order chi connectivity index (χ1) is 8.28. The van der Waals surface area contributed by atoms with Gasteiger partial charge in [0.1, 0.15) is 5.60 Å². The lowest BCUT2D eigenvalue weighted by molar-refractivity contribution is 0.0168. The van der Waals surface area contributed by atoms with E-state index < -0.39 is 11.6 Å². The maximum Gasteiger partial charge on any atom is 0.410 e. The van der Waals surface area contributed by atoms with Crippen molar-refractivity contribution in [2.75, 3.05) is 19.6 Å². The van der Waals surface area contributed by atoms with Crippen molar-refractivity contribution in [3.05, 3.63) is 0 Å². The molecule has 1 heterocycles. The summed E-state index contributed by atoms with van der Waals surface area (Å²) < 4.78 is 5.33. The van der Waals surface area contributed by atoms with Crippen LogP contribution < -0.4 is 11.1 Å². The number of nitrogens with two attached hydrogens (primary N) is 1. The minimum Gasteiger partial charge on any atom is -0.444 e. The summed E-state index contributed by atoms with van der Waals surface area (Å²) in [7, 11) is 0. The van der Waals surface area contributed by atoms with Crippen LogP contribution in [0, 0.1) is 5.92 Å². The van der Waals surface area contributed by atoms with Crippen LogP contribution in [0.1, 0.15) is 33.6 Å². The predicted molar refractivity (Wildman–Crippen MR) is 68.1 cm³/mol. The summed E-state index contributed by atoms with van der Waals surface area (Å²) in [4.78, 5) is 24.2. The van der Waals surface area contributed by atoms with Crippen molar-refractivity contribution in [2.24, 2.45) is 11.7 Å². The lowest BCUT2D eigenvalue weighted by Gasteiger charge is -2.34. The molecule has 3 N–H and O–H groups in total. The molecular formula is C12H23N3O3. The number of likely N-dealkylation sites (tertiary alicyclic amines) is 1. The van der Waals surface area contributed by atoms with Gasteiger partial charge in [0, 0.05) is 19.6 Å². The van der Waals surface area contributed by atoms with Crippen molar-refractivity contribution in [1.29, 1.82) is 0 Å². The number of piperidine rings is 1. The van der Waals surface area contributed by atoms with Gasteiger partial charge in [-0.1, -0.05) is 0 Å². The number of ether oxygens (including phenoxy) is 1. The summed E-state index contributed by atoms with van der Waals surface area (Å²) >= 11 is 0. The highest BCUT2D eigenvalue weighted by atomic mass is 16.6. The van der Waals surface area contributed by atoms with E-state index in [0.717, 1.165) is 12.8 Å². The van der Waals surface area contributed by atoms with Gasteiger partial charge in [0.15, 0.2) is 0 Å². The van der Waals surface area contributed by atoms with Gasteiger partial charge in [0.25, 0.3) is 0 Å². The summed E-state index contributed by atoms with van der Waals surface area (Å²) in [5.74, 6) is 0.249. The highest BCUT2D eigenvalue weighted by molar-refractivity contribution is 5.71. The Labute approximate surface area is 108 Å². The van der Waals surface area contributed by atoms with E-state index in [2.05, 4.69) is 5.32 Å². The highest BCUT2D eigenvalue weighted by Gasteiger charge is 2.27. The number of hydrogen-bond donors (Lipinski definition) is 2. The van der Waals surface area contributed by atoms with Crippen LogP contribution in [0.15, 0.2) is 0 Å². The van der Waals surface area contributed by atoms with Gasteiger partial charge in [-0.2, -0.15) is 0 Å². The van der Waals surface area contributed by atoms with Crippen LogP contribution in [0.5, 0.6) is 0 Å². The number of rotatable bonds is 2. The Bertz CT molecular complexity index is 312. The summed E-state index contributed by atoms with van der Waals surface area (Å²) in [6, 6.07) is -0.524. The van der Waals surface area contributed by atoms with Gasteiger partial charge in [0.05, 0.1) is 0 Å². The predicted octanol–water partition coefficient (Wildman–Crippen LogP) is 1.30. The second-order valence-electron chi connectivity index (χ2n) is 5.68. The molecule has 0 radical (unpaired) electrons. The molecule has 0 bridgehead atoms. The van der Waals surface area contributed by atoms with Gasteiger partial charge < -0.3 is 20.7 Å². The second-order valence-corrected chi connectivity index (χ2v) is 5.68. The zero-order chi connectivity index (χ0) is 13.8. The number of primary amides is 1. The number of carbonyl (C=O) groups is 2. The zero-order valence-electron chi connectivity index (χ0n) is 11.4. The first kappa shape index (κ1) is 14.6. The standard InChI is InChI=1S/C12H23N3O3/c1-12(2,3)18-11(17)15-6-4-5-9(8-15)7-14-10(13)16/h9H,4-8H2,1-3H3,(H3,13,14,16)/t9-/m0/s1. The van der Waals surface area contributed by atoms with Crippen molar-refractivity contribution < 1.29 is 14.3 Å². The minimum absolute atomic E-state index is 0.249. The third kappa shape index (κ3) is 5.25. The van der Waals surface area contributed by atoms with Gasteiger partial charge >= 0.3 is 12.1 Å². The molecule has 1 aliphatic heterocycles. The number of carbonyl (C=O) groups excluding carboxylic acids is 2. The third-order valence-corrected chi connectivity index (χ3v) is 2.74. The summed E-state index contributed by atoms with van der Waals surface area (Å²) in [6.07, 6.45) is 1.62. The smallest absolute Gasteiger partial charge is 0.410 e. The number of nitrogens with one attached hydrogen (secondary N) is 1. The molecule has 18 heavy (non-hydrogen) atoms. The Morgan fingerprint density at radius 1 is 1.44 bits per heavy atom. The lowest BCUT2D eigenvalue weighted by atomic mass is 9.98. The van der Waals surface area contributed by atoms with Crippen molar-refractivity contribution in [1.82, 2.24) is 10.2 Å². The Balaban J connectivity index is 2.43. The van der Waals surface area contributed by atoms with Gasteiger partial charge in [0.2, 0.25) is 0 Å². The van der Waals surface area contributed by atoms with E-state index in [4.69, 9.17) is 10.5 Å². The molecular weight excluding hydrogens is 234 g/mol. The molecule has 1 fully saturated rings. The molecule has 0 saturated carbocycles.